The number of hydrogen-bond donors (Lipinski definition) is 0. The number of aromatic nitrogens is 2. The standard InChI is InChI=1S/C20H11ClN2S2/c21-15-6-3-5-14-17-19(13-4-1-2-7-16(13)24-18(14)15)25-20(23-17)12-8-10-22-11-9-12/h1-11H. The van der Waals surface area contributed by atoms with Gasteiger partial charge in [-0.15, -0.1) is 11.3 Å². The fourth-order valence-corrected chi connectivity index (χ4v) is 5.52. The van der Waals surface area contributed by atoms with Crippen LogP contribution in [-0.2, 0) is 0 Å². The molecule has 0 saturated heterocycles. The Hall–Kier alpha value is -2.14. The molecule has 0 atom stereocenters. The summed E-state index contributed by atoms with van der Waals surface area (Å²) in [6, 6.07) is 18.5. The third-order valence-corrected chi connectivity index (χ3v) is 6.90. The van der Waals surface area contributed by atoms with E-state index in [1.165, 1.54) is 15.3 Å². The molecule has 5 heteroatoms. The quantitative estimate of drug-likeness (QED) is 0.326. The Kier molecular flexibility index (Phi) is 3.63. The van der Waals surface area contributed by atoms with Gasteiger partial charge in [-0.05, 0) is 24.3 Å². The number of rotatable bonds is 1. The molecule has 1 aliphatic rings. The van der Waals surface area contributed by atoms with Gasteiger partial charge < -0.3 is 0 Å². The van der Waals surface area contributed by atoms with Gasteiger partial charge in [-0.3, -0.25) is 4.98 Å². The first-order valence-corrected chi connectivity index (χ1v) is 9.80. The first kappa shape index (κ1) is 15.1. The van der Waals surface area contributed by atoms with Crippen molar-refractivity contribution in [1.82, 2.24) is 9.97 Å². The van der Waals surface area contributed by atoms with E-state index in [0.717, 1.165) is 31.7 Å². The average Bonchev–Trinajstić information content (AvgIpc) is 3.04. The molecule has 5 rings (SSSR count). The summed E-state index contributed by atoms with van der Waals surface area (Å²) in [4.78, 5) is 12.6. The molecule has 3 heterocycles. The molecule has 0 saturated carbocycles. The molecule has 0 amide bonds. The van der Waals surface area contributed by atoms with Crippen molar-refractivity contribution in [2.45, 2.75) is 9.79 Å². The molecule has 2 aromatic carbocycles. The maximum Gasteiger partial charge on any atom is 0.124 e. The van der Waals surface area contributed by atoms with Gasteiger partial charge in [0.1, 0.15) is 5.01 Å². The lowest BCUT2D eigenvalue weighted by Gasteiger charge is -2.07. The highest BCUT2D eigenvalue weighted by molar-refractivity contribution is 7.99. The highest BCUT2D eigenvalue weighted by Crippen LogP contribution is 2.52. The second-order valence-corrected chi connectivity index (χ2v) is 8.11. The highest BCUT2D eigenvalue weighted by Gasteiger charge is 2.25. The van der Waals surface area contributed by atoms with Crippen LogP contribution in [0.1, 0.15) is 0 Å². The van der Waals surface area contributed by atoms with Crippen molar-refractivity contribution < 1.29 is 0 Å². The summed E-state index contributed by atoms with van der Waals surface area (Å²) in [5.74, 6) is 0. The summed E-state index contributed by atoms with van der Waals surface area (Å²) in [6.45, 7) is 0. The van der Waals surface area contributed by atoms with Crippen LogP contribution in [0.15, 0.2) is 76.8 Å². The van der Waals surface area contributed by atoms with E-state index in [-0.39, 0.29) is 0 Å². The van der Waals surface area contributed by atoms with E-state index in [1.807, 2.05) is 24.3 Å². The zero-order chi connectivity index (χ0) is 16.8. The molecular formula is C20H11ClN2S2. The molecule has 0 unspecified atom stereocenters. The minimum absolute atomic E-state index is 0.767. The lowest BCUT2D eigenvalue weighted by atomic mass is 10.1. The van der Waals surface area contributed by atoms with E-state index >= 15 is 0 Å². The van der Waals surface area contributed by atoms with Gasteiger partial charge in [0.15, 0.2) is 0 Å². The van der Waals surface area contributed by atoms with E-state index in [9.17, 15) is 0 Å². The Morgan fingerprint density at radius 1 is 0.840 bits per heavy atom. The van der Waals surface area contributed by atoms with Gasteiger partial charge in [-0.25, -0.2) is 4.98 Å². The molecule has 4 aromatic rings. The second kappa shape index (κ2) is 5.99. The van der Waals surface area contributed by atoms with Crippen LogP contribution < -0.4 is 0 Å². The van der Waals surface area contributed by atoms with Crippen LogP contribution in [0.5, 0.6) is 0 Å². The normalized spacial score (nSPS) is 12.0. The second-order valence-electron chi connectivity index (χ2n) is 5.65. The molecule has 0 N–H and O–H groups in total. The lowest BCUT2D eigenvalue weighted by molar-refractivity contribution is 1.31. The van der Waals surface area contributed by atoms with Crippen LogP contribution >= 0.6 is 34.7 Å². The highest BCUT2D eigenvalue weighted by atomic mass is 35.5. The SMILES string of the molecule is Clc1cccc2c1Sc1ccccc1-c1sc(-c3ccncc3)nc1-2. The fourth-order valence-electron chi connectivity index (χ4n) is 2.96. The number of thiazole rings is 1. The average molecular weight is 379 g/mol. The van der Waals surface area contributed by atoms with E-state index in [4.69, 9.17) is 16.6 Å². The van der Waals surface area contributed by atoms with Gasteiger partial charge in [0.25, 0.3) is 0 Å². The Balaban J connectivity index is 1.84. The summed E-state index contributed by atoms with van der Waals surface area (Å²) in [6.07, 6.45) is 3.60. The van der Waals surface area contributed by atoms with Crippen LogP contribution in [0.2, 0.25) is 5.02 Å². The summed E-state index contributed by atoms with van der Waals surface area (Å²) >= 11 is 9.95. The minimum Gasteiger partial charge on any atom is -0.265 e. The molecule has 0 fully saturated rings. The molecule has 25 heavy (non-hydrogen) atoms. The third kappa shape index (κ3) is 2.49. The van der Waals surface area contributed by atoms with Crippen LogP contribution in [0, 0.1) is 0 Å². The Morgan fingerprint density at radius 2 is 1.64 bits per heavy atom. The van der Waals surface area contributed by atoms with Crippen molar-refractivity contribution in [2.24, 2.45) is 0 Å². The lowest BCUT2D eigenvalue weighted by Crippen LogP contribution is -1.84. The van der Waals surface area contributed by atoms with Crippen molar-refractivity contribution in [3.8, 4) is 32.3 Å². The van der Waals surface area contributed by atoms with E-state index in [2.05, 4.69) is 35.3 Å². The first-order chi connectivity index (χ1) is 12.3. The van der Waals surface area contributed by atoms with Gasteiger partial charge in [-0.2, -0.15) is 0 Å². The number of nitrogens with zero attached hydrogens (tertiary/aromatic N) is 2. The topological polar surface area (TPSA) is 25.8 Å². The van der Waals surface area contributed by atoms with Crippen LogP contribution in [-0.4, -0.2) is 9.97 Å². The Labute approximate surface area is 158 Å². The fraction of sp³-hybridized carbons (Fsp3) is 0. The predicted octanol–water partition coefficient (Wildman–Crippen LogP) is 6.66. The number of hydrogen-bond acceptors (Lipinski definition) is 4. The van der Waals surface area contributed by atoms with E-state index in [0.29, 0.717) is 0 Å². The molecular weight excluding hydrogens is 368 g/mol. The molecule has 0 spiro atoms. The van der Waals surface area contributed by atoms with Crippen LogP contribution in [0.4, 0.5) is 0 Å². The molecule has 0 aliphatic carbocycles. The van der Waals surface area contributed by atoms with Gasteiger partial charge in [0.2, 0.25) is 0 Å². The minimum atomic E-state index is 0.767. The Morgan fingerprint density at radius 3 is 2.52 bits per heavy atom. The van der Waals surface area contributed by atoms with E-state index in [1.54, 1.807) is 35.5 Å². The molecule has 1 aliphatic heterocycles. The zero-order valence-corrected chi connectivity index (χ0v) is 15.3. The van der Waals surface area contributed by atoms with E-state index < -0.39 is 0 Å². The van der Waals surface area contributed by atoms with Crippen molar-refractivity contribution in [3.05, 3.63) is 72.0 Å². The number of halogens is 1. The zero-order valence-electron chi connectivity index (χ0n) is 12.9. The van der Waals surface area contributed by atoms with Crippen molar-refractivity contribution >= 4 is 34.7 Å². The predicted molar refractivity (Wildman–Crippen MR) is 105 cm³/mol. The molecule has 0 bridgehead atoms. The monoisotopic (exact) mass is 378 g/mol. The number of pyridine rings is 1. The third-order valence-electron chi connectivity index (χ3n) is 4.12. The number of fused-ring (bicyclic) bond motifs is 5. The summed E-state index contributed by atoms with van der Waals surface area (Å²) in [7, 11) is 0. The largest absolute Gasteiger partial charge is 0.265 e. The summed E-state index contributed by atoms with van der Waals surface area (Å²) in [5.41, 5.74) is 4.40. The summed E-state index contributed by atoms with van der Waals surface area (Å²) in [5, 5.41) is 1.77. The Bertz CT molecular complexity index is 1090. The maximum atomic E-state index is 6.52. The van der Waals surface area contributed by atoms with Crippen LogP contribution in [0.25, 0.3) is 32.3 Å². The molecule has 120 valence electrons. The van der Waals surface area contributed by atoms with Crippen molar-refractivity contribution in [2.75, 3.05) is 0 Å². The van der Waals surface area contributed by atoms with Crippen molar-refractivity contribution in [1.29, 1.82) is 0 Å². The molecule has 2 aromatic heterocycles. The van der Waals surface area contributed by atoms with Crippen molar-refractivity contribution in [3.63, 3.8) is 0 Å². The van der Waals surface area contributed by atoms with Crippen LogP contribution in [0.3, 0.4) is 0 Å². The summed E-state index contributed by atoms with van der Waals surface area (Å²) < 4.78 is 0. The maximum absolute atomic E-state index is 6.52. The van der Waals surface area contributed by atoms with Gasteiger partial charge in [0, 0.05) is 38.9 Å². The first-order valence-electron chi connectivity index (χ1n) is 7.78. The molecule has 2 nitrogen and oxygen atoms in total. The van der Waals surface area contributed by atoms with Gasteiger partial charge in [0.05, 0.1) is 15.6 Å². The smallest absolute Gasteiger partial charge is 0.124 e. The van der Waals surface area contributed by atoms with Gasteiger partial charge in [-0.1, -0.05) is 53.7 Å². The number of benzene rings is 2. The van der Waals surface area contributed by atoms with Gasteiger partial charge >= 0.3 is 0 Å². The molecule has 0 radical (unpaired) electrons.